The van der Waals surface area contributed by atoms with Gasteiger partial charge in [-0.1, -0.05) is 41.9 Å². The summed E-state index contributed by atoms with van der Waals surface area (Å²) in [6.07, 6.45) is 2.47. The van der Waals surface area contributed by atoms with Crippen molar-refractivity contribution in [1.82, 2.24) is 19.4 Å². The Morgan fingerprint density at radius 1 is 1.17 bits per heavy atom. The molecule has 2 aromatic carbocycles. The van der Waals surface area contributed by atoms with Gasteiger partial charge in [-0.3, -0.25) is 9.69 Å². The Bertz CT molecular complexity index is 1640. The van der Waals surface area contributed by atoms with E-state index in [0.29, 0.717) is 28.5 Å². The molecule has 2 atom stereocenters. The molecule has 1 amide bonds. The van der Waals surface area contributed by atoms with Gasteiger partial charge in [-0.2, -0.15) is 5.26 Å². The number of fused-ring (bicyclic) bond motifs is 1. The Balaban J connectivity index is 1.65. The highest BCUT2D eigenvalue weighted by Crippen LogP contribution is 2.46. The van der Waals surface area contributed by atoms with Crippen LogP contribution in [0.3, 0.4) is 0 Å². The SMILES string of the molecule is COCCO[C@]1(Cc2cccc(C#N)n2)c2ccc(-c3ccc(Cl)cc3)c(F)c2C(=O)N1C(O)CCc1nccn1C. The van der Waals surface area contributed by atoms with Crippen molar-refractivity contribution in [3.05, 3.63) is 106 Å². The number of ether oxygens (including phenoxy) is 2. The highest BCUT2D eigenvalue weighted by atomic mass is 35.5. The number of imidazole rings is 1. The molecule has 0 fully saturated rings. The van der Waals surface area contributed by atoms with Crippen molar-refractivity contribution >= 4 is 17.5 Å². The first-order valence-corrected chi connectivity index (χ1v) is 13.7. The Kier molecular flexibility index (Phi) is 8.66. The highest BCUT2D eigenvalue weighted by molar-refractivity contribution is 6.30. The van der Waals surface area contributed by atoms with E-state index in [1.165, 1.54) is 12.0 Å². The Morgan fingerprint density at radius 3 is 2.64 bits per heavy atom. The van der Waals surface area contributed by atoms with Crippen molar-refractivity contribution in [2.24, 2.45) is 7.05 Å². The summed E-state index contributed by atoms with van der Waals surface area (Å²) in [6.45, 7) is 0.212. The van der Waals surface area contributed by atoms with Crippen LogP contribution >= 0.6 is 11.6 Å². The molecular formula is C31H29ClFN5O4. The molecule has 3 heterocycles. The first-order chi connectivity index (χ1) is 20.3. The van der Waals surface area contributed by atoms with E-state index >= 15 is 4.39 Å². The minimum Gasteiger partial charge on any atom is -0.382 e. The predicted molar refractivity (Wildman–Crippen MR) is 153 cm³/mol. The fourth-order valence-electron chi connectivity index (χ4n) is 5.34. The van der Waals surface area contributed by atoms with Gasteiger partial charge in [-0.15, -0.1) is 0 Å². The number of aliphatic hydroxyl groups is 1. The normalized spacial score (nSPS) is 16.9. The van der Waals surface area contributed by atoms with Gasteiger partial charge in [0.1, 0.15) is 29.6 Å². The van der Waals surface area contributed by atoms with Crippen LogP contribution in [0, 0.1) is 17.1 Å². The fraction of sp³-hybridized carbons (Fsp3) is 0.290. The molecule has 0 bridgehead atoms. The first-order valence-electron chi connectivity index (χ1n) is 13.3. The van der Waals surface area contributed by atoms with Crippen molar-refractivity contribution in [2.45, 2.75) is 31.2 Å². The van der Waals surface area contributed by atoms with Crippen molar-refractivity contribution in [3.63, 3.8) is 0 Å². The second kappa shape index (κ2) is 12.4. The number of nitriles is 1. The third-order valence-corrected chi connectivity index (χ3v) is 7.61. The summed E-state index contributed by atoms with van der Waals surface area (Å²) in [4.78, 5) is 24.1. The average Bonchev–Trinajstić information content (AvgIpc) is 3.50. The van der Waals surface area contributed by atoms with Crippen LogP contribution in [0.5, 0.6) is 0 Å². The van der Waals surface area contributed by atoms with E-state index in [0.717, 1.165) is 0 Å². The van der Waals surface area contributed by atoms with Crippen molar-refractivity contribution in [3.8, 4) is 17.2 Å². The van der Waals surface area contributed by atoms with Crippen LogP contribution in [0.25, 0.3) is 11.1 Å². The lowest BCUT2D eigenvalue weighted by molar-refractivity contribution is -0.190. The maximum Gasteiger partial charge on any atom is 0.261 e. The van der Waals surface area contributed by atoms with E-state index in [1.54, 1.807) is 67.0 Å². The number of halogens is 2. The van der Waals surface area contributed by atoms with E-state index in [9.17, 15) is 15.2 Å². The van der Waals surface area contributed by atoms with E-state index in [4.69, 9.17) is 21.1 Å². The number of hydrogen-bond acceptors (Lipinski definition) is 7. The van der Waals surface area contributed by atoms with Crippen molar-refractivity contribution in [2.75, 3.05) is 20.3 Å². The van der Waals surface area contributed by atoms with Gasteiger partial charge in [0.25, 0.3) is 5.91 Å². The Hall–Kier alpha value is -4.14. The number of hydrogen-bond donors (Lipinski definition) is 1. The quantitative estimate of drug-likeness (QED) is 0.254. The number of carbonyl (C=O) groups is 1. The number of aryl methyl sites for hydroxylation is 2. The van der Waals surface area contributed by atoms with Gasteiger partial charge in [-0.05, 0) is 36.2 Å². The molecule has 0 radical (unpaired) electrons. The van der Waals surface area contributed by atoms with Gasteiger partial charge in [0.2, 0.25) is 0 Å². The van der Waals surface area contributed by atoms with Gasteiger partial charge >= 0.3 is 0 Å². The van der Waals surface area contributed by atoms with E-state index in [1.807, 2.05) is 17.7 Å². The van der Waals surface area contributed by atoms with Gasteiger partial charge in [0, 0.05) is 61.2 Å². The number of nitrogens with zero attached hydrogens (tertiary/aromatic N) is 5. The van der Waals surface area contributed by atoms with Gasteiger partial charge in [-0.25, -0.2) is 14.4 Å². The minimum atomic E-state index is -1.65. The summed E-state index contributed by atoms with van der Waals surface area (Å²) < 4.78 is 29.8. The maximum absolute atomic E-state index is 16.4. The molecule has 1 aliphatic rings. The molecule has 11 heteroatoms. The monoisotopic (exact) mass is 589 g/mol. The molecule has 1 N–H and O–H groups in total. The van der Waals surface area contributed by atoms with Gasteiger partial charge in [0.05, 0.1) is 18.8 Å². The topological polar surface area (TPSA) is 114 Å². The lowest BCUT2D eigenvalue weighted by Crippen LogP contribution is -2.53. The second-order valence-corrected chi connectivity index (χ2v) is 10.4. The van der Waals surface area contributed by atoms with Crippen LogP contribution in [-0.4, -0.2) is 57.0 Å². The number of amides is 1. The molecule has 2 aromatic heterocycles. The molecule has 4 aromatic rings. The van der Waals surface area contributed by atoms with Gasteiger partial charge < -0.3 is 19.1 Å². The van der Waals surface area contributed by atoms with Crippen LogP contribution in [0.1, 0.15) is 39.6 Å². The summed E-state index contributed by atoms with van der Waals surface area (Å²) in [5, 5.41) is 21.5. The molecular weight excluding hydrogens is 561 g/mol. The summed E-state index contributed by atoms with van der Waals surface area (Å²) >= 11 is 6.04. The molecule has 9 nitrogen and oxygen atoms in total. The lowest BCUT2D eigenvalue weighted by atomic mass is 9.92. The predicted octanol–water partition coefficient (Wildman–Crippen LogP) is 4.61. The highest BCUT2D eigenvalue weighted by Gasteiger charge is 2.55. The molecule has 0 aliphatic carbocycles. The van der Waals surface area contributed by atoms with Crippen molar-refractivity contribution in [1.29, 1.82) is 5.26 Å². The number of rotatable bonds is 11. The summed E-state index contributed by atoms with van der Waals surface area (Å²) in [5.74, 6) is -0.750. The first kappa shape index (κ1) is 29.4. The third kappa shape index (κ3) is 5.52. The number of carbonyl (C=O) groups excluding carboxylic acids is 1. The van der Waals surface area contributed by atoms with Crippen LogP contribution in [0.15, 0.2) is 67.0 Å². The largest absolute Gasteiger partial charge is 0.382 e. The van der Waals surface area contributed by atoms with E-state index < -0.39 is 23.7 Å². The molecule has 42 heavy (non-hydrogen) atoms. The third-order valence-electron chi connectivity index (χ3n) is 7.36. The van der Waals surface area contributed by atoms with E-state index in [2.05, 4.69) is 9.97 Å². The molecule has 216 valence electrons. The maximum atomic E-state index is 16.4. The number of aromatic nitrogens is 3. The number of aliphatic hydroxyl groups excluding tert-OH is 1. The minimum absolute atomic E-state index is 0.0320. The molecule has 1 unspecified atom stereocenters. The standard InChI is InChI=1S/C31H29ClFN5O4/c1-37-15-14-35-26(37)12-13-27(39)38-30(40)28-25(11-10-24(29(28)33)20-6-8-21(32)9-7-20)31(38,42-17-16-41-2)18-22-4-3-5-23(19-34)36-22/h3-11,14-15,27,39H,12-13,16-18H2,1-2H3/t27?,31-/m1/s1. The zero-order valence-corrected chi connectivity index (χ0v) is 23.9. The molecule has 1 aliphatic heterocycles. The van der Waals surface area contributed by atoms with Gasteiger partial charge in [0.15, 0.2) is 5.72 Å². The van der Waals surface area contributed by atoms with Crippen molar-refractivity contribution < 1.29 is 23.8 Å². The number of pyridine rings is 1. The Labute approximate surface area is 247 Å². The molecule has 0 spiro atoms. The smallest absolute Gasteiger partial charge is 0.261 e. The lowest BCUT2D eigenvalue weighted by Gasteiger charge is -2.41. The summed E-state index contributed by atoms with van der Waals surface area (Å²) in [5.41, 5.74) is -0.252. The summed E-state index contributed by atoms with van der Waals surface area (Å²) in [6, 6.07) is 16.8. The zero-order valence-electron chi connectivity index (χ0n) is 23.1. The molecule has 0 saturated carbocycles. The van der Waals surface area contributed by atoms with E-state index in [-0.39, 0.29) is 48.4 Å². The molecule has 5 rings (SSSR count). The summed E-state index contributed by atoms with van der Waals surface area (Å²) in [7, 11) is 3.35. The Morgan fingerprint density at radius 2 is 1.95 bits per heavy atom. The fourth-order valence-corrected chi connectivity index (χ4v) is 5.46. The van der Waals surface area contributed by atoms with Crippen LogP contribution in [0.4, 0.5) is 4.39 Å². The zero-order chi connectivity index (χ0) is 29.9. The average molecular weight is 590 g/mol. The number of benzene rings is 2. The molecule has 0 saturated heterocycles. The number of methoxy groups -OCH3 is 1. The van der Waals surface area contributed by atoms with Crippen LogP contribution in [-0.2, 0) is 35.1 Å². The second-order valence-electron chi connectivity index (χ2n) is 9.93. The van der Waals surface area contributed by atoms with Crippen LogP contribution in [0.2, 0.25) is 5.02 Å². The van der Waals surface area contributed by atoms with Crippen LogP contribution < -0.4 is 0 Å².